The van der Waals surface area contributed by atoms with Gasteiger partial charge in [0.05, 0.1) is 24.7 Å². The summed E-state index contributed by atoms with van der Waals surface area (Å²) in [5, 5.41) is 0. The van der Waals surface area contributed by atoms with E-state index in [-0.39, 0.29) is 36.0 Å². The Balaban J connectivity index is 1.49. The summed E-state index contributed by atoms with van der Waals surface area (Å²) in [4.78, 5) is 27.6. The van der Waals surface area contributed by atoms with Crippen LogP contribution in [0.3, 0.4) is 0 Å². The maximum Gasteiger partial charge on any atom is 0.412 e. The van der Waals surface area contributed by atoms with Crippen LogP contribution < -0.4 is 4.74 Å². The Bertz CT molecular complexity index is 1360. The highest BCUT2D eigenvalue weighted by atomic mass is 19.1. The summed E-state index contributed by atoms with van der Waals surface area (Å²) >= 11 is 0. The fraction of sp³-hybridized carbons (Fsp3) is 0.588. The molecule has 3 atom stereocenters. The van der Waals surface area contributed by atoms with Gasteiger partial charge in [-0.3, -0.25) is 9.69 Å². The van der Waals surface area contributed by atoms with E-state index in [2.05, 4.69) is 0 Å². The van der Waals surface area contributed by atoms with Crippen LogP contribution in [0.25, 0.3) is 11.1 Å². The van der Waals surface area contributed by atoms with E-state index in [0.717, 1.165) is 36.0 Å². The summed E-state index contributed by atoms with van der Waals surface area (Å²) in [5.41, 5.74) is 0.641. The maximum atomic E-state index is 15.3. The Labute approximate surface area is 248 Å². The second-order valence-electron chi connectivity index (χ2n) is 13.9. The zero-order valence-electron chi connectivity index (χ0n) is 26.1. The molecule has 1 amide bonds. The standard InChI is InChI=1S/C34H44FNO6/c1-32(2,3)42-31(38)36-26-18-22(19-28(26)41-34(36,6)7)40-27-16-15-21(33(4,5)30(37)39-8)17-24(27)23-13-10-14-25(35)29(23)20-11-9-12-20/h10,13-17,20,22,26,28H,9,11-12,18-19H2,1-8H3/t22-,26-,28+/m0/s1. The molecular weight excluding hydrogens is 537 g/mol. The van der Waals surface area contributed by atoms with E-state index in [1.54, 1.807) is 11.0 Å². The highest BCUT2D eigenvalue weighted by Crippen LogP contribution is 2.47. The molecule has 2 aromatic rings. The van der Waals surface area contributed by atoms with Crippen LogP contribution in [0.1, 0.15) is 97.6 Å². The van der Waals surface area contributed by atoms with Gasteiger partial charge in [-0.1, -0.05) is 24.6 Å². The van der Waals surface area contributed by atoms with Crippen molar-refractivity contribution in [3.63, 3.8) is 0 Å². The third-order valence-corrected chi connectivity index (χ3v) is 8.92. The fourth-order valence-electron chi connectivity index (χ4n) is 6.59. The molecule has 0 bridgehead atoms. The van der Waals surface area contributed by atoms with Crippen molar-refractivity contribution in [1.29, 1.82) is 0 Å². The Morgan fingerprint density at radius 2 is 1.74 bits per heavy atom. The second kappa shape index (κ2) is 10.9. The average molecular weight is 582 g/mol. The van der Waals surface area contributed by atoms with Gasteiger partial charge < -0.3 is 18.9 Å². The van der Waals surface area contributed by atoms with E-state index in [0.29, 0.717) is 24.2 Å². The molecule has 1 saturated heterocycles. The normalized spacial score (nSPS) is 23.7. The Morgan fingerprint density at radius 1 is 1.02 bits per heavy atom. The Kier molecular flexibility index (Phi) is 7.84. The van der Waals surface area contributed by atoms with Crippen LogP contribution in [0.5, 0.6) is 5.75 Å². The molecule has 2 saturated carbocycles. The van der Waals surface area contributed by atoms with Crippen molar-refractivity contribution >= 4 is 12.1 Å². The van der Waals surface area contributed by atoms with Crippen LogP contribution in [0.2, 0.25) is 0 Å². The molecule has 1 heterocycles. The molecule has 42 heavy (non-hydrogen) atoms. The number of hydrogen-bond donors (Lipinski definition) is 0. The first-order valence-electron chi connectivity index (χ1n) is 15.0. The van der Waals surface area contributed by atoms with Gasteiger partial charge in [-0.05, 0) is 102 Å². The zero-order chi connectivity index (χ0) is 30.6. The summed E-state index contributed by atoms with van der Waals surface area (Å²) in [7, 11) is 1.38. The molecule has 7 nitrogen and oxygen atoms in total. The number of esters is 1. The molecule has 0 aromatic heterocycles. The molecule has 3 fully saturated rings. The van der Waals surface area contributed by atoms with Crippen molar-refractivity contribution in [2.75, 3.05) is 7.11 Å². The minimum absolute atomic E-state index is 0.148. The Hall–Kier alpha value is -3.13. The first-order chi connectivity index (χ1) is 19.6. The van der Waals surface area contributed by atoms with Gasteiger partial charge in [-0.15, -0.1) is 0 Å². The molecule has 3 aliphatic rings. The van der Waals surface area contributed by atoms with E-state index in [1.807, 2.05) is 72.7 Å². The number of carbonyl (C=O) groups excluding carboxylic acids is 2. The highest BCUT2D eigenvalue weighted by Gasteiger charge is 2.55. The van der Waals surface area contributed by atoms with Crippen molar-refractivity contribution in [3.05, 3.63) is 53.3 Å². The lowest BCUT2D eigenvalue weighted by atomic mass is 9.76. The smallest absolute Gasteiger partial charge is 0.412 e. The van der Waals surface area contributed by atoms with Gasteiger partial charge in [0.25, 0.3) is 0 Å². The first kappa shape index (κ1) is 30.3. The van der Waals surface area contributed by atoms with E-state index >= 15 is 4.39 Å². The number of rotatable bonds is 6. The molecule has 5 rings (SSSR count). The van der Waals surface area contributed by atoms with E-state index in [4.69, 9.17) is 18.9 Å². The van der Waals surface area contributed by atoms with Gasteiger partial charge in [-0.2, -0.15) is 0 Å². The maximum absolute atomic E-state index is 15.3. The van der Waals surface area contributed by atoms with Crippen LogP contribution >= 0.6 is 0 Å². The zero-order valence-corrected chi connectivity index (χ0v) is 26.1. The van der Waals surface area contributed by atoms with Gasteiger partial charge in [0, 0.05) is 18.4 Å². The number of methoxy groups -OCH3 is 1. The first-order valence-corrected chi connectivity index (χ1v) is 15.0. The summed E-state index contributed by atoms with van der Waals surface area (Å²) in [5.74, 6) is 0.180. The number of benzene rings is 2. The van der Waals surface area contributed by atoms with Gasteiger partial charge in [0.15, 0.2) is 0 Å². The van der Waals surface area contributed by atoms with Crippen LogP contribution in [0, 0.1) is 5.82 Å². The monoisotopic (exact) mass is 581 g/mol. The van der Waals surface area contributed by atoms with Gasteiger partial charge in [-0.25, -0.2) is 9.18 Å². The molecule has 1 aliphatic heterocycles. The fourth-order valence-corrected chi connectivity index (χ4v) is 6.59. The van der Waals surface area contributed by atoms with Gasteiger partial charge in [0.1, 0.15) is 29.0 Å². The predicted octanol–water partition coefficient (Wildman–Crippen LogP) is 7.49. The predicted molar refractivity (Wildman–Crippen MR) is 158 cm³/mol. The SMILES string of the molecule is COC(=O)C(C)(C)c1ccc(O[C@@H]2C[C@H]3OC(C)(C)N(C(=O)OC(C)(C)C)[C@H]3C2)c(-c2cccc(F)c2C2CCC2)c1. The quantitative estimate of drug-likeness (QED) is 0.329. The van der Waals surface area contributed by atoms with Crippen LogP contribution in [-0.4, -0.2) is 53.6 Å². The molecule has 228 valence electrons. The topological polar surface area (TPSA) is 74.3 Å². The van der Waals surface area contributed by atoms with Crippen molar-refractivity contribution in [2.24, 2.45) is 0 Å². The van der Waals surface area contributed by atoms with Crippen molar-refractivity contribution in [1.82, 2.24) is 4.90 Å². The molecule has 0 radical (unpaired) electrons. The minimum Gasteiger partial charge on any atom is -0.490 e. The molecule has 0 spiro atoms. The molecule has 2 aromatic carbocycles. The van der Waals surface area contributed by atoms with Gasteiger partial charge in [0.2, 0.25) is 0 Å². The second-order valence-corrected chi connectivity index (χ2v) is 13.9. The lowest BCUT2D eigenvalue weighted by Gasteiger charge is -2.35. The molecule has 0 unspecified atom stereocenters. The molecular formula is C34H44FNO6. The van der Waals surface area contributed by atoms with Crippen LogP contribution in [-0.2, 0) is 24.4 Å². The van der Waals surface area contributed by atoms with Crippen LogP contribution in [0.15, 0.2) is 36.4 Å². The average Bonchev–Trinajstić information content (AvgIpc) is 3.34. The number of ether oxygens (including phenoxy) is 4. The summed E-state index contributed by atoms with van der Waals surface area (Å²) in [6.07, 6.45) is 3.29. The molecule has 2 aliphatic carbocycles. The van der Waals surface area contributed by atoms with Crippen molar-refractivity contribution in [2.45, 2.75) is 121 Å². The third-order valence-electron chi connectivity index (χ3n) is 8.92. The minimum atomic E-state index is -0.913. The summed E-state index contributed by atoms with van der Waals surface area (Å²) < 4.78 is 39.2. The number of halogens is 1. The van der Waals surface area contributed by atoms with E-state index in [9.17, 15) is 9.59 Å². The molecule has 0 N–H and O–H groups in total. The number of hydrogen-bond acceptors (Lipinski definition) is 6. The lowest BCUT2D eigenvalue weighted by Crippen LogP contribution is -2.50. The lowest BCUT2D eigenvalue weighted by molar-refractivity contribution is -0.146. The van der Waals surface area contributed by atoms with Crippen molar-refractivity contribution in [3.8, 4) is 16.9 Å². The van der Waals surface area contributed by atoms with E-state index in [1.165, 1.54) is 13.2 Å². The third kappa shape index (κ3) is 5.62. The van der Waals surface area contributed by atoms with Crippen LogP contribution in [0.4, 0.5) is 9.18 Å². The number of fused-ring (bicyclic) bond motifs is 1. The molecule has 8 heteroatoms. The van der Waals surface area contributed by atoms with Gasteiger partial charge >= 0.3 is 12.1 Å². The van der Waals surface area contributed by atoms with E-state index < -0.39 is 22.8 Å². The summed E-state index contributed by atoms with van der Waals surface area (Å²) in [6.45, 7) is 13.0. The highest BCUT2D eigenvalue weighted by molar-refractivity contribution is 5.84. The van der Waals surface area contributed by atoms with Crippen molar-refractivity contribution < 1.29 is 32.9 Å². The summed E-state index contributed by atoms with van der Waals surface area (Å²) in [6, 6.07) is 10.7. The number of carbonyl (C=O) groups is 2. The number of amides is 1. The number of nitrogens with zero attached hydrogens (tertiary/aromatic N) is 1. The largest absolute Gasteiger partial charge is 0.490 e. The Morgan fingerprint density at radius 3 is 2.36 bits per heavy atom.